The SMILES string of the molecule is CCCC(=O)N1CCC[C@H](NS(=O)(=O)C2CC2)[C@@H]1COC1CCC(c2ccccc2)CC1. The number of rotatable bonds is 9. The van der Waals surface area contributed by atoms with Gasteiger partial charge in [-0.3, -0.25) is 4.79 Å². The summed E-state index contributed by atoms with van der Waals surface area (Å²) in [6, 6.07) is 10.2. The van der Waals surface area contributed by atoms with E-state index in [-0.39, 0.29) is 29.3 Å². The molecule has 0 aromatic heterocycles. The highest BCUT2D eigenvalue weighted by molar-refractivity contribution is 7.90. The number of hydrogen-bond acceptors (Lipinski definition) is 4. The number of amides is 1. The first-order chi connectivity index (χ1) is 15.5. The molecule has 1 aromatic rings. The normalized spacial score (nSPS) is 29.1. The van der Waals surface area contributed by atoms with Crippen molar-refractivity contribution in [3.05, 3.63) is 35.9 Å². The second kappa shape index (κ2) is 10.7. The third-order valence-electron chi connectivity index (χ3n) is 7.29. The number of carbonyl (C=O) groups is 1. The molecule has 3 aliphatic rings. The van der Waals surface area contributed by atoms with Gasteiger partial charge < -0.3 is 9.64 Å². The van der Waals surface area contributed by atoms with Crippen molar-refractivity contribution in [2.24, 2.45) is 0 Å². The fraction of sp³-hybridized carbons (Fsp3) is 0.720. The van der Waals surface area contributed by atoms with Crippen LogP contribution in [0.4, 0.5) is 0 Å². The Hall–Kier alpha value is -1.44. The lowest BCUT2D eigenvalue weighted by Crippen LogP contribution is -2.59. The van der Waals surface area contributed by atoms with Gasteiger partial charge in [-0.15, -0.1) is 0 Å². The molecule has 0 unspecified atom stereocenters. The molecule has 1 heterocycles. The maximum Gasteiger partial charge on any atom is 0.222 e. The maximum absolute atomic E-state index is 12.8. The fourth-order valence-electron chi connectivity index (χ4n) is 5.28. The Morgan fingerprint density at radius 3 is 2.44 bits per heavy atom. The molecule has 178 valence electrons. The van der Waals surface area contributed by atoms with Crippen LogP contribution >= 0.6 is 0 Å². The van der Waals surface area contributed by atoms with Gasteiger partial charge in [0, 0.05) is 19.0 Å². The molecule has 1 aromatic carbocycles. The molecule has 2 saturated carbocycles. The molecule has 0 radical (unpaired) electrons. The average Bonchev–Trinajstić information content (AvgIpc) is 3.65. The van der Waals surface area contributed by atoms with Crippen molar-refractivity contribution in [3.8, 4) is 0 Å². The third-order valence-corrected chi connectivity index (χ3v) is 9.27. The van der Waals surface area contributed by atoms with Crippen molar-refractivity contribution in [1.29, 1.82) is 0 Å². The molecule has 7 heteroatoms. The first-order valence-electron chi connectivity index (χ1n) is 12.4. The van der Waals surface area contributed by atoms with E-state index in [1.54, 1.807) is 0 Å². The topological polar surface area (TPSA) is 75.7 Å². The second-order valence-electron chi connectivity index (χ2n) is 9.73. The van der Waals surface area contributed by atoms with E-state index in [2.05, 4.69) is 35.1 Å². The number of ether oxygens (including phenoxy) is 1. The Balaban J connectivity index is 1.37. The minimum absolute atomic E-state index is 0.115. The largest absolute Gasteiger partial charge is 0.376 e. The standard InChI is InChI=1S/C25H38N2O4S/c1-2-7-25(28)27-17-6-10-23(26-32(29,30)22-15-16-22)24(27)18-31-21-13-11-20(12-14-21)19-8-4-3-5-9-19/h3-5,8-9,20-24,26H,2,6-7,10-18H2,1H3/t20?,21?,23-,24-/m0/s1. The fourth-order valence-corrected chi connectivity index (χ4v) is 6.92. The van der Waals surface area contributed by atoms with Crippen molar-refractivity contribution in [2.45, 2.75) is 100 Å². The predicted octanol–water partition coefficient (Wildman–Crippen LogP) is 3.97. The van der Waals surface area contributed by atoms with Crippen molar-refractivity contribution < 1.29 is 17.9 Å². The van der Waals surface area contributed by atoms with E-state index < -0.39 is 10.0 Å². The van der Waals surface area contributed by atoms with Crippen molar-refractivity contribution >= 4 is 15.9 Å². The Kier molecular flexibility index (Phi) is 7.90. The molecule has 6 nitrogen and oxygen atoms in total. The van der Waals surface area contributed by atoms with E-state index in [4.69, 9.17) is 4.74 Å². The number of likely N-dealkylation sites (tertiary alicyclic amines) is 1. The van der Waals surface area contributed by atoms with Gasteiger partial charge in [-0.05, 0) is 69.3 Å². The molecule has 2 aliphatic carbocycles. The van der Waals surface area contributed by atoms with Gasteiger partial charge in [-0.1, -0.05) is 37.3 Å². The highest BCUT2D eigenvalue weighted by atomic mass is 32.2. The van der Waals surface area contributed by atoms with E-state index in [0.29, 0.717) is 25.5 Å². The number of benzene rings is 1. The molecule has 0 spiro atoms. The van der Waals surface area contributed by atoms with Crippen LogP contribution in [-0.4, -0.2) is 55.8 Å². The van der Waals surface area contributed by atoms with Crippen LogP contribution in [0.3, 0.4) is 0 Å². The number of piperidine rings is 1. The minimum atomic E-state index is -3.31. The molecule has 4 rings (SSSR count). The maximum atomic E-state index is 12.8. The number of nitrogens with zero attached hydrogens (tertiary/aromatic N) is 1. The number of nitrogens with one attached hydrogen (secondary N) is 1. The predicted molar refractivity (Wildman–Crippen MR) is 126 cm³/mol. The summed E-state index contributed by atoms with van der Waals surface area (Å²) in [7, 11) is -3.31. The van der Waals surface area contributed by atoms with Crippen LogP contribution < -0.4 is 4.72 Å². The Bertz CT molecular complexity index is 848. The monoisotopic (exact) mass is 462 g/mol. The molecule has 1 amide bonds. The summed E-state index contributed by atoms with van der Waals surface area (Å²) in [5.41, 5.74) is 1.41. The second-order valence-corrected chi connectivity index (χ2v) is 11.7. The molecular formula is C25H38N2O4S. The Labute approximate surface area is 193 Å². The van der Waals surface area contributed by atoms with Gasteiger partial charge in [0.25, 0.3) is 0 Å². The van der Waals surface area contributed by atoms with Gasteiger partial charge in [-0.25, -0.2) is 13.1 Å². The van der Waals surface area contributed by atoms with Crippen LogP contribution in [0.25, 0.3) is 0 Å². The van der Waals surface area contributed by atoms with E-state index in [9.17, 15) is 13.2 Å². The van der Waals surface area contributed by atoms with Crippen molar-refractivity contribution in [2.75, 3.05) is 13.2 Å². The first kappa shape index (κ1) is 23.7. The zero-order valence-electron chi connectivity index (χ0n) is 19.2. The Morgan fingerprint density at radius 2 is 1.78 bits per heavy atom. The molecule has 2 atom stereocenters. The highest BCUT2D eigenvalue weighted by Crippen LogP contribution is 2.34. The number of hydrogen-bond donors (Lipinski definition) is 1. The van der Waals surface area contributed by atoms with Crippen LogP contribution in [0.2, 0.25) is 0 Å². The molecule has 1 aliphatic heterocycles. The van der Waals surface area contributed by atoms with E-state index in [1.807, 2.05) is 11.8 Å². The zero-order chi connectivity index (χ0) is 22.6. The summed E-state index contributed by atoms with van der Waals surface area (Å²) < 4.78 is 34.6. The first-order valence-corrected chi connectivity index (χ1v) is 14.0. The lowest BCUT2D eigenvalue weighted by Gasteiger charge is -2.42. The summed E-state index contributed by atoms with van der Waals surface area (Å²) in [4.78, 5) is 14.7. The van der Waals surface area contributed by atoms with E-state index in [0.717, 1.165) is 57.8 Å². The number of sulfonamides is 1. The molecule has 1 N–H and O–H groups in total. The van der Waals surface area contributed by atoms with Crippen molar-refractivity contribution in [3.63, 3.8) is 0 Å². The highest BCUT2D eigenvalue weighted by Gasteiger charge is 2.42. The van der Waals surface area contributed by atoms with Crippen LogP contribution in [0.1, 0.15) is 82.6 Å². The lowest BCUT2D eigenvalue weighted by molar-refractivity contribution is -0.138. The van der Waals surface area contributed by atoms with Gasteiger partial charge in [-0.2, -0.15) is 0 Å². The van der Waals surface area contributed by atoms with Crippen LogP contribution in [0.5, 0.6) is 0 Å². The molecule has 0 bridgehead atoms. The minimum Gasteiger partial charge on any atom is -0.376 e. The molecule has 32 heavy (non-hydrogen) atoms. The zero-order valence-corrected chi connectivity index (χ0v) is 20.1. The van der Waals surface area contributed by atoms with Gasteiger partial charge in [0.2, 0.25) is 15.9 Å². The Morgan fingerprint density at radius 1 is 1.06 bits per heavy atom. The van der Waals surface area contributed by atoms with E-state index in [1.165, 1.54) is 5.56 Å². The smallest absolute Gasteiger partial charge is 0.222 e. The van der Waals surface area contributed by atoms with Gasteiger partial charge in [0.05, 0.1) is 24.0 Å². The summed E-state index contributed by atoms with van der Waals surface area (Å²) >= 11 is 0. The quantitative estimate of drug-likeness (QED) is 0.602. The average molecular weight is 463 g/mol. The summed E-state index contributed by atoms with van der Waals surface area (Å²) in [6.07, 6.45) is 8.78. The van der Waals surface area contributed by atoms with E-state index >= 15 is 0 Å². The summed E-state index contributed by atoms with van der Waals surface area (Å²) in [6.45, 7) is 3.11. The van der Waals surface area contributed by atoms with Crippen LogP contribution in [0, 0.1) is 0 Å². The van der Waals surface area contributed by atoms with Gasteiger partial charge in [0.1, 0.15) is 0 Å². The van der Waals surface area contributed by atoms with Gasteiger partial charge in [0.15, 0.2) is 0 Å². The third kappa shape index (κ3) is 5.91. The number of carbonyl (C=O) groups excluding carboxylic acids is 1. The lowest BCUT2D eigenvalue weighted by atomic mass is 9.83. The summed E-state index contributed by atoms with van der Waals surface area (Å²) in [5.74, 6) is 0.704. The molecular weight excluding hydrogens is 424 g/mol. The van der Waals surface area contributed by atoms with Gasteiger partial charge >= 0.3 is 0 Å². The molecule has 3 fully saturated rings. The molecule has 1 saturated heterocycles. The van der Waals surface area contributed by atoms with Crippen LogP contribution in [0.15, 0.2) is 30.3 Å². The summed E-state index contributed by atoms with van der Waals surface area (Å²) in [5, 5.41) is -0.251. The van der Waals surface area contributed by atoms with Crippen LogP contribution in [-0.2, 0) is 19.6 Å². The van der Waals surface area contributed by atoms with Crippen molar-refractivity contribution in [1.82, 2.24) is 9.62 Å².